The van der Waals surface area contributed by atoms with Crippen LogP contribution in [-0.4, -0.2) is 16.5 Å². The van der Waals surface area contributed by atoms with E-state index < -0.39 is 0 Å². The smallest absolute Gasteiger partial charge is 0.146 e. The van der Waals surface area contributed by atoms with Crippen LogP contribution in [0.2, 0.25) is 0 Å². The zero-order chi connectivity index (χ0) is 14.5. The molecule has 0 saturated heterocycles. The summed E-state index contributed by atoms with van der Waals surface area (Å²) < 4.78 is 14.5. The van der Waals surface area contributed by atoms with E-state index in [0.29, 0.717) is 17.2 Å². The van der Waals surface area contributed by atoms with Gasteiger partial charge in [0.1, 0.15) is 28.3 Å². The van der Waals surface area contributed by atoms with Gasteiger partial charge in [-0.1, -0.05) is 18.2 Å². The predicted molar refractivity (Wildman–Crippen MR) is 82.3 cm³/mol. The summed E-state index contributed by atoms with van der Waals surface area (Å²) in [5.74, 6) is 1.11. The van der Waals surface area contributed by atoms with Gasteiger partial charge in [0.05, 0.1) is 6.04 Å². The molecule has 0 amide bonds. The Balaban J connectivity index is 2.22. The van der Waals surface area contributed by atoms with Crippen molar-refractivity contribution in [3.8, 4) is 0 Å². The normalized spacial score (nSPS) is 12.0. The largest absolute Gasteiger partial charge is 0.369 e. The summed E-state index contributed by atoms with van der Waals surface area (Å²) in [6.07, 6.45) is 1.47. The van der Waals surface area contributed by atoms with Gasteiger partial charge in [-0.05, 0) is 35.8 Å². The minimum absolute atomic E-state index is 0.197. The van der Waals surface area contributed by atoms with Crippen molar-refractivity contribution >= 4 is 27.6 Å². The minimum Gasteiger partial charge on any atom is -0.369 e. The van der Waals surface area contributed by atoms with Gasteiger partial charge in [0.15, 0.2) is 0 Å². The molecular formula is C14H16BrFN4. The first kappa shape index (κ1) is 14.7. The van der Waals surface area contributed by atoms with Crippen LogP contribution in [0.25, 0.3) is 0 Å². The Labute approximate surface area is 126 Å². The predicted octanol–water partition coefficient (Wildman–Crippen LogP) is 3.98. The summed E-state index contributed by atoms with van der Waals surface area (Å²) in [7, 11) is 0. The first-order chi connectivity index (χ1) is 9.63. The molecule has 2 N–H and O–H groups in total. The van der Waals surface area contributed by atoms with E-state index >= 15 is 0 Å². The molecular weight excluding hydrogens is 323 g/mol. The Kier molecular flexibility index (Phi) is 4.89. The van der Waals surface area contributed by atoms with Gasteiger partial charge < -0.3 is 10.6 Å². The molecule has 0 aliphatic heterocycles. The number of nitrogens with one attached hydrogen (secondary N) is 2. The molecule has 1 atom stereocenters. The van der Waals surface area contributed by atoms with Crippen molar-refractivity contribution in [2.45, 2.75) is 19.9 Å². The van der Waals surface area contributed by atoms with Crippen LogP contribution in [-0.2, 0) is 0 Å². The molecule has 0 spiro atoms. The molecule has 1 aromatic carbocycles. The van der Waals surface area contributed by atoms with Gasteiger partial charge >= 0.3 is 0 Å². The molecule has 2 rings (SSSR count). The fourth-order valence-corrected chi connectivity index (χ4v) is 2.33. The standard InChI is InChI=1S/C14H16BrFN4/c1-3-17-13-12(15)14(19-8-18-13)20-9(2)10-6-4-5-7-11(10)16/h4-9H,3H2,1-2H3,(H2,17,18,19,20). The topological polar surface area (TPSA) is 49.8 Å². The second-order valence-corrected chi connectivity index (χ2v) is 5.10. The molecule has 0 saturated carbocycles. The maximum atomic E-state index is 13.7. The molecule has 1 aromatic heterocycles. The van der Waals surface area contributed by atoms with Crippen molar-refractivity contribution in [2.75, 3.05) is 17.2 Å². The van der Waals surface area contributed by atoms with Crippen LogP contribution < -0.4 is 10.6 Å². The number of halogens is 2. The molecule has 6 heteroatoms. The Hall–Kier alpha value is -1.69. The summed E-state index contributed by atoms with van der Waals surface area (Å²) >= 11 is 3.46. The van der Waals surface area contributed by atoms with Gasteiger partial charge in [0.2, 0.25) is 0 Å². The Bertz CT molecular complexity index is 591. The van der Waals surface area contributed by atoms with Crippen molar-refractivity contribution in [1.29, 1.82) is 0 Å². The molecule has 106 valence electrons. The number of benzene rings is 1. The lowest BCUT2D eigenvalue weighted by molar-refractivity contribution is 0.600. The van der Waals surface area contributed by atoms with Crippen molar-refractivity contribution in [3.05, 3.63) is 46.4 Å². The van der Waals surface area contributed by atoms with Crippen LogP contribution in [0.3, 0.4) is 0 Å². The molecule has 20 heavy (non-hydrogen) atoms. The van der Waals surface area contributed by atoms with Crippen LogP contribution in [0.1, 0.15) is 25.5 Å². The van der Waals surface area contributed by atoms with Gasteiger partial charge in [0, 0.05) is 12.1 Å². The molecule has 0 aliphatic carbocycles. The first-order valence-electron chi connectivity index (χ1n) is 6.38. The van der Waals surface area contributed by atoms with E-state index in [4.69, 9.17) is 0 Å². The second kappa shape index (κ2) is 6.65. The Morgan fingerprint density at radius 1 is 1.25 bits per heavy atom. The Morgan fingerprint density at radius 3 is 2.65 bits per heavy atom. The van der Waals surface area contributed by atoms with E-state index in [0.717, 1.165) is 11.0 Å². The Morgan fingerprint density at radius 2 is 1.95 bits per heavy atom. The van der Waals surface area contributed by atoms with E-state index in [1.54, 1.807) is 12.1 Å². The first-order valence-corrected chi connectivity index (χ1v) is 7.18. The fourth-order valence-electron chi connectivity index (χ4n) is 1.87. The van der Waals surface area contributed by atoms with Crippen LogP contribution in [0, 0.1) is 5.82 Å². The lowest BCUT2D eigenvalue weighted by Crippen LogP contribution is -2.11. The average Bonchev–Trinajstić information content (AvgIpc) is 2.44. The van der Waals surface area contributed by atoms with Gasteiger partial charge in [-0.3, -0.25) is 0 Å². The third kappa shape index (κ3) is 3.25. The lowest BCUT2D eigenvalue weighted by atomic mass is 10.1. The summed E-state index contributed by atoms with van der Waals surface area (Å²) in [6.45, 7) is 4.64. The quantitative estimate of drug-likeness (QED) is 0.865. The molecule has 0 bridgehead atoms. The van der Waals surface area contributed by atoms with Crippen molar-refractivity contribution in [3.63, 3.8) is 0 Å². The van der Waals surface area contributed by atoms with E-state index in [9.17, 15) is 4.39 Å². The number of hydrogen-bond donors (Lipinski definition) is 2. The second-order valence-electron chi connectivity index (χ2n) is 4.30. The highest BCUT2D eigenvalue weighted by Gasteiger charge is 2.14. The molecule has 0 aliphatic rings. The summed E-state index contributed by atoms with van der Waals surface area (Å²) in [5, 5.41) is 6.32. The number of anilines is 2. The molecule has 0 fully saturated rings. The van der Waals surface area contributed by atoms with Crippen LogP contribution in [0.5, 0.6) is 0 Å². The number of nitrogens with zero attached hydrogens (tertiary/aromatic N) is 2. The monoisotopic (exact) mass is 338 g/mol. The molecule has 1 heterocycles. The van der Waals surface area contributed by atoms with Gasteiger partial charge in [-0.25, -0.2) is 14.4 Å². The SMILES string of the molecule is CCNc1ncnc(NC(C)c2ccccc2F)c1Br. The molecule has 1 unspecified atom stereocenters. The van der Waals surface area contributed by atoms with E-state index in [2.05, 4.69) is 36.5 Å². The van der Waals surface area contributed by atoms with Gasteiger partial charge in [-0.2, -0.15) is 0 Å². The third-order valence-electron chi connectivity index (χ3n) is 2.86. The highest BCUT2D eigenvalue weighted by atomic mass is 79.9. The number of hydrogen-bond acceptors (Lipinski definition) is 4. The van der Waals surface area contributed by atoms with E-state index in [1.807, 2.05) is 19.9 Å². The highest BCUT2D eigenvalue weighted by Crippen LogP contribution is 2.29. The number of rotatable bonds is 5. The van der Waals surface area contributed by atoms with E-state index in [1.165, 1.54) is 12.4 Å². The van der Waals surface area contributed by atoms with Gasteiger partial charge in [0.25, 0.3) is 0 Å². The zero-order valence-electron chi connectivity index (χ0n) is 11.3. The van der Waals surface area contributed by atoms with E-state index in [-0.39, 0.29) is 11.9 Å². The minimum atomic E-state index is -0.232. The molecule has 4 nitrogen and oxygen atoms in total. The van der Waals surface area contributed by atoms with Crippen LogP contribution >= 0.6 is 15.9 Å². The van der Waals surface area contributed by atoms with Crippen LogP contribution in [0.4, 0.5) is 16.0 Å². The summed E-state index contributed by atoms with van der Waals surface area (Å²) in [4.78, 5) is 8.33. The molecule has 2 aromatic rings. The molecule has 0 radical (unpaired) electrons. The summed E-state index contributed by atoms with van der Waals surface area (Å²) in [5.41, 5.74) is 0.600. The summed E-state index contributed by atoms with van der Waals surface area (Å²) in [6, 6.07) is 6.50. The maximum Gasteiger partial charge on any atom is 0.146 e. The van der Waals surface area contributed by atoms with Gasteiger partial charge in [-0.15, -0.1) is 0 Å². The average molecular weight is 339 g/mol. The van der Waals surface area contributed by atoms with Crippen molar-refractivity contribution in [1.82, 2.24) is 9.97 Å². The number of aromatic nitrogens is 2. The van der Waals surface area contributed by atoms with Crippen molar-refractivity contribution < 1.29 is 4.39 Å². The maximum absolute atomic E-state index is 13.7. The highest BCUT2D eigenvalue weighted by molar-refractivity contribution is 9.10. The van der Waals surface area contributed by atoms with Crippen LogP contribution in [0.15, 0.2) is 35.1 Å². The lowest BCUT2D eigenvalue weighted by Gasteiger charge is -2.17. The third-order valence-corrected chi connectivity index (χ3v) is 3.61. The van der Waals surface area contributed by atoms with Crippen molar-refractivity contribution in [2.24, 2.45) is 0 Å². The fraction of sp³-hybridized carbons (Fsp3) is 0.286. The zero-order valence-corrected chi connectivity index (χ0v) is 12.9.